The summed E-state index contributed by atoms with van der Waals surface area (Å²) < 4.78 is 0. The van der Waals surface area contributed by atoms with E-state index >= 15 is 0 Å². The molecule has 15 heavy (non-hydrogen) atoms. The zero-order valence-corrected chi connectivity index (χ0v) is 9.72. The molecule has 0 aromatic carbocycles. The van der Waals surface area contributed by atoms with Gasteiger partial charge in [0.2, 0.25) is 5.91 Å². The molecule has 0 bridgehead atoms. The zero-order chi connectivity index (χ0) is 11.7. The lowest BCUT2D eigenvalue weighted by atomic mass is 10.2. The van der Waals surface area contributed by atoms with Crippen LogP contribution in [0.2, 0.25) is 0 Å². The van der Waals surface area contributed by atoms with Crippen LogP contribution in [0, 0.1) is 0 Å². The van der Waals surface area contributed by atoms with Gasteiger partial charge in [0.1, 0.15) is 0 Å². The molecule has 0 radical (unpaired) electrons. The van der Waals surface area contributed by atoms with Gasteiger partial charge in [0.15, 0.2) is 0 Å². The van der Waals surface area contributed by atoms with Crippen LogP contribution in [-0.4, -0.2) is 31.1 Å². The molecule has 0 aliphatic rings. The Morgan fingerprint density at radius 3 is 2.40 bits per heavy atom. The fourth-order valence-electron chi connectivity index (χ4n) is 0.962. The molecule has 1 atom stereocenters. The monoisotopic (exact) mass is 215 g/mol. The highest BCUT2D eigenvalue weighted by Crippen LogP contribution is 1.88. The maximum absolute atomic E-state index is 11.3. The second kappa shape index (κ2) is 8.08. The molecule has 0 spiro atoms. The van der Waals surface area contributed by atoms with Gasteiger partial charge < -0.3 is 16.0 Å². The van der Waals surface area contributed by atoms with Crippen molar-refractivity contribution >= 4 is 11.9 Å². The summed E-state index contributed by atoms with van der Waals surface area (Å²) in [5.41, 5.74) is 0. The van der Waals surface area contributed by atoms with Gasteiger partial charge in [-0.05, 0) is 20.3 Å². The minimum absolute atomic E-state index is 0.0267. The van der Waals surface area contributed by atoms with Gasteiger partial charge in [-0.15, -0.1) is 0 Å². The van der Waals surface area contributed by atoms with Crippen molar-refractivity contribution in [3.05, 3.63) is 0 Å². The van der Waals surface area contributed by atoms with E-state index in [-0.39, 0.29) is 18.0 Å². The third-order valence-corrected chi connectivity index (χ3v) is 1.99. The second-order valence-electron chi connectivity index (χ2n) is 3.41. The Morgan fingerprint density at radius 1 is 1.20 bits per heavy atom. The van der Waals surface area contributed by atoms with Crippen molar-refractivity contribution in [1.29, 1.82) is 0 Å². The summed E-state index contributed by atoms with van der Waals surface area (Å²) in [6.45, 7) is 6.77. The molecular formula is C10H21N3O2. The smallest absolute Gasteiger partial charge is 0.314 e. The van der Waals surface area contributed by atoms with Gasteiger partial charge in [0.25, 0.3) is 0 Å². The first-order chi connectivity index (χ1) is 7.10. The van der Waals surface area contributed by atoms with E-state index in [1.165, 1.54) is 0 Å². The fraction of sp³-hybridized carbons (Fsp3) is 0.800. The van der Waals surface area contributed by atoms with E-state index in [0.29, 0.717) is 19.5 Å². The Bertz CT molecular complexity index is 207. The molecule has 0 heterocycles. The van der Waals surface area contributed by atoms with E-state index < -0.39 is 0 Å². The van der Waals surface area contributed by atoms with Crippen LogP contribution in [0.3, 0.4) is 0 Å². The number of nitrogens with one attached hydrogen (secondary N) is 3. The van der Waals surface area contributed by atoms with E-state index in [0.717, 1.165) is 6.42 Å². The maximum Gasteiger partial charge on any atom is 0.314 e. The quantitative estimate of drug-likeness (QED) is 0.607. The maximum atomic E-state index is 11.3. The highest BCUT2D eigenvalue weighted by molar-refractivity contribution is 5.78. The van der Waals surface area contributed by atoms with Gasteiger partial charge in [-0.25, -0.2) is 4.79 Å². The Labute approximate surface area is 91.0 Å². The topological polar surface area (TPSA) is 70.2 Å². The van der Waals surface area contributed by atoms with Crippen molar-refractivity contribution in [3.63, 3.8) is 0 Å². The van der Waals surface area contributed by atoms with Crippen LogP contribution in [0.5, 0.6) is 0 Å². The van der Waals surface area contributed by atoms with Crippen LogP contribution in [0.15, 0.2) is 0 Å². The molecule has 0 aromatic heterocycles. The lowest BCUT2D eigenvalue weighted by molar-refractivity contribution is -0.121. The van der Waals surface area contributed by atoms with Crippen molar-refractivity contribution < 1.29 is 9.59 Å². The summed E-state index contributed by atoms with van der Waals surface area (Å²) in [6.07, 6.45) is 1.23. The van der Waals surface area contributed by atoms with E-state index in [9.17, 15) is 9.59 Å². The molecule has 5 nitrogen and oxygen atoms in total. The van der Waals surface area contributed by atoms with E-state index in [4.69, 9.17) is 0 Å². The lowest BCUT2D eigenvalue weighted by Crippen LogP contribution is -2.39. The van der Waals surface area contributed by atoms with Crippen LogP contribution in [0.4, 0.5) is 4.79 Å². The molecule has 0 saturated heterocycles. The average Bonchev–Trinajstić information content (AvgIpc) is 2.18. The highest BCUT2D eigenvalue weighted by Gasteiger charge is 2.05. The van der Waals surface area contributed by atoms with Gasteiger partial charge in [-0.3, -0.25) is 4.79 Å². The summed E-state index contributed by atoms with van der Waals surface area (Å²) in [7, 11) is 0. The van der Waals surface area contributed by atoms with Gasteiger partial charge in [-0.1, -0.05) is 6.92 Å². The van der Waals surface area contributed by atoms with E-state index in [1.54, 1.807) is 0 Å². The number of carbonyl (C=O) groups is 2. The number of hydrogen-bond acceptors (Lipinski definition) is 2. The third kappa shape index (κ3) is 7.78. The predicted molar refractivity (Wildman–Crippen MR) is 59.6 cm³/mol. The van der Waals surface area contributed by atoms with Gasteiger partial charge in [0, 0.05) is 25.6 Å². The second-order valence-corrected chi connectivity index (χ2v) is 3.41. The van der Waals surface area contributed by atoms with Crippen LogP contribution in [0.1, 0.15) is 33.6 Å². The Hall–Kier alpha value is -1.26. The number of amides is 3. The summed E-state index contributed by atoms with van der Waals surface area (Å²) in [4.78, 5) is 22.2. The van der Waals surface area contributed by atoms with Crippen LogP contribution in [0.25, 0.3) is 0 Å². The fourth-order valence-corrected chi connectivity index (χ4v) is 0.962. The molecule has 3 amide bonds. The number of carbonyl (C=O) groups excluding carboxylic acids is 2. The zero-order valence-electron chi connectivity index (χ0n) is 9.72. The van der Waals surface area contributed by atoms with E-state index in [2.05, 4.69) is 16.0 Å². The largest absolute Gasteiger partial charge is 0.354 e. The SMILES string of the molecule is CCNC(=O)NCCC(=O)NC(C)CC. The highest BCUT2D eigenvalue weighted by atomic mass is 16.2. The average molecular weight is 215 g/mol. The molecule has 0 aliphatic carbocycles. The summed E-state index contributed by atoms with van der Waals surface area (Å²) in [5.74, 6) is -0.0267. The molecule has 0 rings (SSSR count). The Morgan fingerprint density at radius 2 is 1.87 bits per heavy atom. The molecule has 1 unspecified atom stereocenters. The van der Waals surface area contributed by atoms with Crippen molar-refractivity contribution in [1.82, 2.24) is 16.0 Å². The first kappa shape index (κ1) is 13.7. The van der Waals surface area contributed by atoms with Crippen LogP contribution in [-0.2, 0) is 4.79 Å². The predicted octanol–water partition coefficient (Wildman–Crippen LogP) is 0.610. The molecule has 0 aromatic rings. The number of rotatable bonds is 6. The van der Waals surface area contributed by atoms with Gasteiger partial charge in [-0.2, -0.15) is 0 Å². The summed E-state index contributed by atoms with van der Waals surface area (Å²) in [6, 6.07) is -0.0317. The van der Waals surface area contributed by atoms with Crippen molar-refractivity contribution in [2.75, 3.05) is 13.1 Å². The van der Waals surface area contributed by atoms with Crippen LogP contribution >= 0.6 is 0 Å². The molecule has 88 valence electrons. The third-order valence-electron chi connectivity index (χ3n) is 1.99. The standard InChI is InChI=1S/C10H21N3O2/c1-4-8(3)13-9(14)6-7-12-10(15)11-5-2/h8H,4-7H2,1-3H3,(H,13,14)(H2,11,12,15). The molecular weight excluding hydrogens is 194 g/mol. The van der Waals surface area contributed by atoms with E-state index in [1.807, 2.05) is 20.8 Å². The summed E-state index contributed by atoms with van der Waals surface area (Å²) in [5, 5.41) is 8.01. The van der Waals surface area contributed by atoms with Gasteiger partial charge in [0.05, 0.1) is 0 Å². The first-order valence-electron chi connectivity index (χ1n) is 5.41. The molecule has 0 aliphatic heterocycles. The molecule has 3 N–H and O–H groups in total. The number of urea groups is 1. The minimum atomic E-state index is -0.228. The first-order valence-corrected chi connectivity index (χ1v) is 5.41. The Kier molecular flexibility index (Phi) is 7.40. The van der Waals surface area contributed by atoms with Gasteiger partial charge >= 0.3 is 6.03 Å². The molecule has 0 saturated carbocycles. The molecule has 0 fully saturated rings. The Balaban J connectivity index is 3.50. The van der Waals surface area contributed by atoms with Crippen LogP contribution < -0.4 is 16.0 Å². The normalized spacial score (nSPS) is 11.7. The lowest BCUT2D eigenvalue weighted by Gasteiger charge is -2.11. The van der Waals surface area contributed by atoms with Crippen molar-refractivity contribution in [2.24, 2.45) is 0 Å². The molecule has 5 heteroatoms. The van der Waals surface area contributed by atoms with Crippen molar-refractivity contribution in [2.45, 2.75) is 39.7 Å². The summed E-state index contributed by atoms with van der Waals surface area (Å²) >= 11 is 0. The van der Waals surface area contributed by atoms with Crippen molar-refractivity contribution in [3.8, 4) is 0 Å². The minimum Gasteiger partial charge on any atom is -0.354 e. The number of hydrogen-bond donors (Lipinski definition) is 3.